The van der Waals surface area contributed by atoms with Crippen molar-refractivity contribution >= 4 is 123 Å². The van der Waals surface area contributed by atoms with Gasteiger partial charge in [-0.25, -0.2) is 14.3 Å². The highest BCUT2D eigenvalue weighted by atomic mass is 35.9. The first kappa shape index (κ1) is 40.0. The molecule has 12 nitrogen and oxygen atoms in total. The molecule has 47 heavy (non-hydrogen) atoms. The molecule has 0 N–H and O–H groups in total. The van der Waals surface area contributed by atoms with Crippen LogP contribution in [0.4, 0.5) is 0 Å². The van der Waals surface area contributed by atoms with Gasteiger partial charge in [-0.3, -0.25) is 13.7 Å². The standard InChI is InChI=1S/C24H24Cl6N6O6P4S/c1-34(43(25,26)37)31-16-19-4-10-22(11-5-19)40-46(47,41-23-12-6-20(7-13-23)17-32-35(2)44(27,28)38)42-24-14-8-21(9-15-24)18-33-36(3)45(29,30)39/h4-18H,1-3H3/b31-16+,32-17+,33-18+. The van der Waals surface area contributed by atoms with Gasteiger partial charge in [0.25, 0.3) is 0 Å². The van der Waals surface area contributed by atoms with Gasteiger partial charge in [-0.2, -0.15) is 15.3 Å². The van der Waals surface area contributed by atoms with Crippen LogP contribution in [0.3, 0.4) is 0 Å². The van der Waals surface area contributed by atoms with Gasteiger partial charge in [0, 0.05) is 32.9 Å². The van der Waals surface area contributed by atoms with E-state index in [-0.39, 0.29) is 0 Å². The summed E-state index contributed by atoms with van der Waals surface area (Å²) < 4.78 is 56.3. The molecule has 0 aliphatic heterocycles. The summed E-state index contributed by atoms with van der Waals surface area (Å²) >= 11 is 39.4. The molecule has 254 valence electrons. The van der Waals surface area contributed by atoms with E-state index in [1.807, 2.05) is 0 Å². The first-order valence-corrected chi connectivity index (χ1v) is 25.5. The Balaban J connectivity index is 1.85. The van der Waals surface area contributed by atoms with E-state index in [0.29, 0.717) is 33.9 Å². The molecule has 0 atom stereocenters. The molecular formula is C24H24Cl6N6O6P4S. The second-order valence-electron chi connectivity index (χ2n) is 8.93. The van der Waals surface area contributed by atoms with E-state index in [9.17, 15) is 13.7 Å². The van der Waals surface area contributed by atoms with Crippen LogP contribution in [0.1, 0.15) is 16.7 Å². The van der Waals surface area contributed by atoms with Gasteiger partial charge >= 0.3 is 24.7 Å². The highest BCUT2D eigenvalue weighted by Gasteiger charge is 2.27. The molecule has 0 aliphatic rings. The predicted molar refractivity (Wildman–Crippen MR) is 200 cm³/mol. The highest BCUT2D eigenvalue weighted by molar-refractivity contribution is 8.08. The van der Waals surface area contributed by atoms with Crippen molar-refractivity contribution in [3.63, 3.8) is 0 Å². The van der Waals surface area contributed by atoms with Crippen molar-refractivity contribution in [3.8, 4) is 17.2 Å². The summed E-state index contributed by atoms with van der Waals surface area (Å²) in [6.07, 6.45) is 4.23. The number of hydrogen-bond donors (Lipinski definition) is 0. The summed E-state index contributed by atoms with van der Waals surface area (Å²) in [7, 11) is 4.14. The topological polar surface area (TPSA) is 126 Å². The fourth-order valence-corrected chi connectivity index (χ4v) is 6.16. The molecule has 0 radical (unpaired) electrons. The Morgan fingerprint density at radius 2 is 0.723 bits per heavy atom. The second-order valence-corrected chi connectivity index (χ2v) is 25.9. The van der Waals surface area contributed by atoms with Gasteiger partial charge in [-0.15, -0.1) is 0 Å². The van der Waals surface area contributed by atoms with Crippen LogP contribution in [0.5, 0.6) is 17.2 Å². The average Bonchev–Trinajstić information content (AvgIpc) is 2.98. The number of benzene rings is 3. The van der Waals surface area contributed by atoms with Gasteiger partial charge in [0.15, 0.2) is 0 Å². The average molecular weight is 861 g/mol. The summed E-state index contributed by atoms with van der Waals surface area (Å²) in [6, 6.07) is 19.7. The molecule has 0 aliphatic carbocycles. The third-order valence-electron chi connectivity index (χ3n) is 5.42. The molecule has 0 saturated heterocycles. The second kappa shape index (κ2) is 17.0. The van der Waals surface area contributed by atoms with E-state index in [1.165, 1.54) is 39.8 Å². The quantitative estimate of drug-likeness (QED) is 0.0828. The van der Waals surface area contributed by atoms with Gasteiger partial charge < -0.3 is 13.6 Å². The first-order chi connectivity index (χ1) is 21.7. The zero-order valence-corrected chi connectivity index (χ0v) is 33.2. The van der Waals surface area contributed by atoms with Crippen molar-refractivity contribution in [2.45, 2.75) is 0 Å². The molecule has 0 amide bonds. The molecule has 23 heteroatoms. The van der Waals surface area contributed by atoms with E-state index in [2.05, 4.69) is 15.3 Å². The zero-order valence-electron chi connectivity index (χ0n) is 24.3. The van der Waals surface area contributed by atoms with Crippen LogP contribution in [-0.2, 0) is 25.5 Å². The van der Waals surface area contributed by atoms with Crippen LogP contribution in [-0.4, -0.2) is 54.1 Å². The summed E-state index contributed by atoms with van der Waals surface area (Å²) in [5, 5.41) is 11.9. The molecule has 0 aromatic heterocycles. The van der Waals surface area contributed by atoms with E-state index in [0.717, 1.165) is 14.3 Å². The van der Waals surface area contributed by atoms with Crippen LogP contribution in [0.15, 0.2) is 88.1 Å². The lowest BCUT2D eigenvalue weighted by Crippen LogP contribution is -2.07. The smallest absolute Gasteiger partial charge is 0.407 e. The summed E-state index contributed by atoms with van der Waals surface area (Å²) in [4.78, 5) is 0. The largest absolute Gasteiger partial charge is 0.490 e. The lowest BCUT2D eigenvalue weighted by molar-refractivity contribution is 0.384. The van der Waals surface area contributed by atoms with Crippen LogP contribution < -0.4 is 13.6 Å². The molecule has 0 fully saturated rings. The molecule has 0 heterocycles. The van der Waals surface area contributed by atoms with Crippen LogP contribution in [0.2, 0.25) is 0 Å². The fourth-order valence-electron chi connectivity index (χ4n) is 2.92. The maximum Gasteiger partial charge on any atom is 0.490 e. The summed E-state index contributed by atoms with van der Waals surface area (Å²) in [6.45, 7) is -3.60. The summed E-state index contributed by atoms with van der Waals surface area (Å²) in [5.74, 6) is -9.81. The van der Waals surface area contributed by atoms with Crippen LogP contribution in [0.25, 0.3) is 0 Å². The monoisotopic (exact) mass is 858 g/mol. The highest BCUT2D eigenvalue weighted by Crippen LogP contribution is 2.60. The molecule has 0 saturated carbocycles. The molecule has 0 unspecified atom stereocenters. The Kier molecular flexibility index (Phi) is 14.4. The van der Waals surface area contributed by atoms with E-state index >= 15 is 0 Å². The zero-order chi connectivity index (χ0) is 35.0. The maximum atomic E-state index is 11.7. The third kappa shape index (κ3) is 13.8. The van der Waals surface area contributed by atoms with Crippen LogP contribution >= 0.6 is 92.2 Å². The minimum absolute atomic E-state index is 0.316. The number of hydrogen-bond acceptors (Lipinski definition) is 10. The predicted octanol–water partition coefficient (Wildman–Crippen LogP) is 11.0. The molecule has 0 spiro atoms. The molecule has 3 aromatic rings. The Morgan fingerprint density at radius 3 is 0.915 bits per heavy atom. The molecule has 0 bridgehead atoms. The fraction of sp³-hybridized carbons (Fsp3) is 0.125. The molecule has 3 aromatic carbocycles. The third-order valence-corrected chi connectivity index (χ3v) is 13.7. The lowest BCUT2D eigenvalue weighted by atomic mass is 10.2. The first-order valence-electron chi connectivity index (χ1n) is 12.6. The Hall–Kier alpha value is -1.45. The summed E-state index contributed by atoms with van der Waals surface area (Å²) in [5.41, 5.74) is 1.85. The Morgan fingerprint density at radius 1 is 0.511 bits per heavy atom. The Bertz CT molecular complexity index is 1600. The minimum atomic E-state index is -3.60. The van der Waals surface area contributed by atoms with Gasteiger partial charge in [-0.05, 0) is 157 Å². The van der Waals surface area contributed by atoms with Gasteiger partial charge in [0.05, 0.1) is 18.6 Å². The minimum Gasteiger partial charge on any atom is -0.407 e. The number of rotatable bonds is 15. The number of halogens is 6. The van der Waals surface area contributed by atoms with Crippen molar-refractivity contribution in [1.82, 2.24) is 14.3 Å². The van der Waals surface area contributed by atoms with Gasteiger partial charge in [0.2, 0.25) is 0 Å². The molecule has 3 rings (SSSR count). The van der Waals surface area contributed by atoms with Crippen LogP contribution in [0, 0.1) is 0 Å². The number of hydrazone groups is 3. The van der Waals surface area contributed by atoms with Crippen molar-refractivity contribution < 1.29 is 27.3 Å². The lowest BCUT2D eigenvalue weighted by Gasteiger charge is -2.23. The van der Waals surface area contributed by atoms with Crippen molar-refractivity contribution in [3.05, 3.63) is 89.5 Å². The number of nitrogens with zero attached hydrogens (tertiary/aromatic N) is 6. The van der Waals surface area contributed by atoms with E-state index in [4.69, 9.17) is 92.8 Å². The van der Waals surface area contributed by atoms with Crippen molar-refractivity contribution in [2.24, 2.45) is 15.3 Å². The normalized spacial score (nSPS) is 12.9. The van der Waals surface area contributed by atoms with Crippen molar-refractivity contribution in [1.29, 1.82) is 0 Å². The van der Waals surface area contributed by atoms with Gasteiger partial charge in [-0.1, -0.05) is 0 Å². The molecular weight excluding hydrogens is 837 g/mol. The van der Waals surface area contributed by atoms with Gasteiger partial charge in [0.1, 0.15) is 17.2 Å². The van der Waals surface area contributed by atoms with E-state index in [1.54, 1.807) is 72.8 Å². The van der Waals surface area contributed by atoms with Crippen molar-refractivity contribution in [2.75, 3.05) is 21.1 Å². The Labute approximate surface area is 305 Å². The van der Waals surface area contributed by atoms with E-state index < -0.39 is 24.7 Å². The SMILES string of the molecule is CN(/N=C/c1ccc(OP(=S)(Oc2ccc(/C=N/N(C)P(=O)(Cl)Cl)cc2)Oc2ccc(/C=N/N(C)P(=O)(Cl)Cl)cc2)cc1)P(=O)(Cl)Cl. The maximum absolute atomic E-state index is 11.7.